The number of benzene rings is 3. The Morgan fingerprint density at radius 2 is 0.948 bits per heavy atom. The lowest BCUT2D eigenvalue weighted by Crippen LogP contribution is -2.56. The second kappa shape index (κ2) is 49.4. The number of halogens is 1. The van der Waals surface area contributed by atoms with Gasteiger partial charge in [-0.15, -0.1) is 0 Å². The number of anilines is 2. The van der Waals surface area contributed by atoms with Crippen LogP contribution in [-0.2, 0) is 92.1 Å². The molecule has 0 aromatic heterocycles. The standard InChI is InChI=1S/C68H102FN9O19/c1-55(79)70-23-31-88-35-39-92-43-47-96-49-45-94-41-37-90-33-25-72-64(83)51-76(53-66(85)87-2)52-65(84)73-26-34-91-38-42-95-46-50-97-48-44-93-40-36-89-32-24-71-62(81)18-19-63(82)74-59-16-10-56(11-17-59)20-28-77-54-78(60-7-4-3-5-8-60)68(67(77)86)21-29-75(30-22-68)27-6-9-61(80)57-12-14-58(69)15-13-57/h3-5,7-8,10-17H,6,9,18-54H2,1-2H3,(H,70,79)(H,71,81)(H,72,83)(H,73,84)(H,74,82). The number of hydrogen-bond acceptors (Lipinski definition) is 22. The molecule has 29 heteroatoms. The topological polar surface area (TPSA) is 311 Å². The third-order valence-electron chi connectivity index (χ3n) is 15.4. The van der Waals surface area contributed by atoms with Gasteiger partial charge in [0.15, 0.2) is 5.78 Å². The molecular formula is C68H102FN9O19. The van der Waals surface area contributed by atoms with E-state index in [0.717, 1.165) is 30.9 Å². The molecular weight excluding hydrogens is 1270 g/mol. The number of amides is 6. The van der Waals surface area contributed by atoms with Crippen molar-refractivity contribution in [3.05, 3.63) is 95.8 Å². The average Bonchev–Trinajstić information content (AvgIpc) is 1.62. The first-order valence-corrected chi connectivity index (χ1v) is 33.4. The predicted molar refractivity (Wildman–Crippen MR) is 356 cm³/mol. The summed E-state index contributed by atoms with van der Waals surface area (Å²) >= 11 is 0. The van der Waals surface area contributed by atoms with Crippen LogP contribution in [0, 0.1) is 5.82 Å². The number of ketones is 1. The lowest BCUT2D eigenvalue weighted by molar-refractivity contribution is -0.142. The van der Waals surface area contributed by atoms with E-state index in [2.05, 4.69) is 36.4 Å². The summed E-state index contributed by atoms with van der Waals surface area (Å²) in [7, 11) is 1.22. The first-order valence-electron chi connectivity index (χ1n) is 33.4. The van der Waals surface area contributed by atoms with Crippen molar-refractivity contribution in [1.29, 1.82) is 0 Å². The number of ether oxygens (including phenoxy) is 11. The van der Waals surface area contributed by atoms with E-state index in [0.29, 0.717) is 175 Å². The molecule has 0 radical (unpaired) electrons. The van der Waals surface area contributed by atoms with E-state index < -0.39 is 23.3 Å². The SMILES string of the molecule is COC(=O)CN(CC(=O)NCCOCCOCCOCCOCCOCCNC(C)=O)CC(=O)NCCOCCOCCOCCOCCOCCNC(=O)CCC(=O)Nc1ccc(CCN2CN(c3ccccc3)C3(CCN(CCCC(=O)c4ccc(F)cc4)CC3)C2=O)cc1. The molecule has 2 saturated heterocycles. The Hall–Kier alpha value is -7.13. The Bertz CT molecular complexity index is 2730. The van der Waals surface area contributed by atoms with Gasteiger partial charge in [-0.25, -0.2) is 4.39 Å². The number of rotatable bonds is 55. The Balaban J connectivity index is 0.777. The summed E-state index contributed by atoms with van der Waals surface area (Å²) < 4.78 is 72.9. The number of esters is 1. The van der Waals surface area contributed by atoms with Crippen LogP contribution in [0.25, 0.3) is 0 Å². The number of para-hydroxylation sites is 1. The van der Waals surface area contributed by atoms with Gasteiger partial charge in [0.1, 0.15) is 11.4 Å². The zero-order valence-electron chi connectivity index (χ0n) is 56.5. The summed E-state index contributed by atoms with van der Waals surface area (Å²) in [5, 5.41) is 13.7. The molecule has 0 saturated carbocycles. The fraction of sp³-hybridized carbons (Fsp3) is 0.618. The molecule has 2 aliphatic heterocycles. The Morgan fingerprint density at radius 1 is 0.505 bits per heavy atom. The number of hydrogen-bond donors (Lipinski definition) is 5. The highest BCUT2D eigenvalue weighted by Crippen LogP contribution is 2.39. The van der Waals surface area contributed by atoms with Gasteiger partial charge in [0.25, 0.3) is 0 Å². The Labute approximate surface area is 568 Å². The minimum absolute atomic E-state index is 0.00473. The van der Waals surface area contributed by atoms with Gasteiger partial charge in [-0.1, -0.05) is 30.3 Å². The van der Waals surface area contributed by atoms with Crippen LogP contribution < -0.4 is 31.5 Å². The smallest absolute Gasteiger partial charge is 0.319 e. The number of carbonyl (C=O) groups excluding carboxylic acids is 8. The highest BCUT2D eigenvalue weighted by molar-refractivity contribution is 5.96. The summed E-state index contributed by atoms with van der Waals surface area (Å²) in [4.78, 5) is 108. The van der Waals surface area contributed by atoms with Crippen molar-refractivity contribution in [3.63, 3.8) is 0 Å². The average molecular weight is 1370 g/mol. The van der Waals surface area contributed by atoms with E-state index in [1.165, 1.54) is 43.2 Å². The number of nitrogens with one attached hydrogen (secondary N) is 5. The molecule has 2 fully saturated rings. The quantitative estimate of drug-likeness (QED) is 0.0307. The van der Waals surface area contributed by atoms with Crippen LogP contribution in [0.4, 0.5) is 15.8 Å². The van der Waals surface area contributed by atoms with Crippen molar-refractivity contribution in [2.75, 3.05) is 228 Å². The third kappa shape index (κ3) is 34.8. The lowest BCUT2D eigenvalue weighted by atomic mass is 9.85. The summed E-state index contributed by atoms with van der Waals surface area (Å²) in [5.74, 6) is -2.29. The summed E-state index contributed by atoms with van der Waals surface area (Å²) in [6.45, 7) is 12.2. The molecule has 5 rings (SSSR count). The fourth-order valence-electron chi connectivity index (χ4n) is 10.3. The van der Waals surface area contributed by atoms with Gasteiger partial charge >= 0.3 is 5.97 Å². The van der Waals surface area contributed by atoms with Crippen LogP contribution in [0.1, 0.15) is 61.4 Å². The molecule has 3 aromatic carbocycles. The molecule has 97 heavy (non-hydrogen) atoms. The fourth-order valence-corrected chi connectivity index (χ4v) is 10.3. The second-order valence-electron chi connectivity index (χ2n) is 22.8. The van der Waals surface area contributed by atoms with Crippen LogP contribution in [0.3, 0.4) is 0 Å². The number of likely N-dealkylation sites (tertiary alicyclic amines) is 1. The third-order valence-corrected chi connectivity index (χ3v) is 15.4. The van der Waals surface area contributed by atoms with E-state index in [1.807, 2.05) is 59.5 Å². The maximum atomic E-state index is 14.3. The molecule has 0 bridgehead atoms. The molecule has 2 aliphatic rings. The van der Waals surface area contributed by atoms with Crippen LogP contribution in [0.2, 0.25) is 0 Å². The van der Waals surface area contributed by atoms with Crippen molar-refractivity contribution in [2.24, 2.45) is 0 Å². The Morgan fingerprint density at radius 3 is 1.41 bits per heavy atom. The maximum Gasteiger partial charge on any atom is 0.319 e. The normalized spacial score (nSPS) is 13.7. The zero-order valence-corrected chi connectivity index (χ0v) is 56.5. The monoisotopic (exact) mass is 1370 g/mol. The summed E-state index contributed by atoms with van der Waals surface area (Å²) in [6, 6.07) is 23.2. The van der Waals surface area contributed by atoms with E-state index >= 15 is 0 Å². The largest absolute Gasteiger partial charge is 0.468 e. The molecule has 2 heterocycles. The van der Waals surface area contributed by atoms with Crippen molar-refractivity contribution in [3.8, 4) is 0 Å². The van der Waals surface area contributed by atoms with Gasteiger partial charge in [-0.2, -0.15) is 0 Å². The molecule has 540 valence electrons. The summed E-state index contributed by atoms with van der Waals surface area (Å²) in [5.41, 5.74) is 2.49. The molecule has 28 nitrogen and oxygen atoms in total. The first kappa shape index (κ1) is 80.6. The van der Waals surface area contributed by atoms with Crippen LogP contribution in [0.15, 0.2) is 78.9 Å². The number of methoxy groups -OCH3 is 1. The molecule has 0 unspecified atom stereocenters. The first-order chi connectivity index (χ1) is 47.2. The summed E-state index contributed by atoms with van der Waals surface area (Å²) in [6.07, 6.45) is 3.06. The van der Waals surface area contributed by atoms with Crippen molar-refractivity contribution in [1.82, 2.24) is 36.0 Å². The number of piperidine rings is 1. The van der Waals surface area contributed by atoms with Gasteiger partial charge in [0.2, 0.25) is 35.4 Å². The van der Waals surface area contributed by atoms with Crippen molar-refractivity contribution >= 4 is 58.6 Å². The predicted octanol–water partition coefficient (Wildman–Crippen LogP) is 2.02. The van der Waals surface area contributed by atoms with E-state index in [4.69, 9.17) is 52.1 Å². The van der Waals surface area contributed by atoms with E-state index in [9.17, 15) is 42.7 Å². The van der Waals surface area contributed by atoms with E-state index in [-0.39, 0.29) is 107 Å². The van der Waals surface area contributed by atoms with Crippen LogP contribution >= 0.6 is 0 Å². The molecule has 1 spiro atoms. The van der Waals surface area contributed by atoms with Gasteiger partial charge in [-0.3, -0.25) is 43.3 Å². The molecule has 3 aromatic rings. The number of nitrogens with zero attached hydrogens (tertiary/aromatic N) is 4. The van der Waals surface area contributed by atoms with Gasteiger partial charge < -0.3 is 93.4 Å². The second-order valence-corrected chi connectivity index (χ2v) is 22.8. The van der Waals surface area contributed by atoms with E-state index in [1.54, 1.807) is 0 Å². The highest BCUT2D eigenvalue weighted by atomic mass is 19.1. The maximum absolute atomic E-state index is 14.3. The van der Waals surface area contributed by atoms with Gasteiger partial charge in [-0.05, 0) is 86.3 Å². The number of Topliss-reactive ketones (excluding diaryl/α,β-unsaturated/α-hetero) is 1. The molecule has 5 N–H and O–H groups in total. The lowest BCUT2D eigenvalue weighted by Gasteiger charge is -2.43. The zero-order chi connectivity index (χ0) is 69.4. The Kier molecular flexibility index (Phi) is 41.0. The van der Waals surface area contributed by atoms with Crippen LogP contribution in [-0.4, -0.2) is 285 Å². The van der Waals surface area contributed by atoms with Gasteiger partial charge in [0, 0.05) is 88.9 Å². The van der Waals surface area contributed by atoms with Crippen molar-refractivity contribution in [2.45, 2.75) is 57.4 Å². The number of carbonyl (C=O) groups is 8. The molecule has 0 aliphatic carbocycles. The van der Waals surface area contributed by atoms with Gasteiger partial charge in [0.05, 0.1) is 166 Å². The highest BCUT2D eigenvalue weighted by Gasteiger charge is 2.53. The van der Waals surface area contributed by atoms with Crippen molar-refractivity contribution < 1.29 is 94.9 Å². The minimum Gasteiger partial charge on any atom is -0.468 e. The minimum atomic E-state index is -0.658. The molecule has 0 atom stereocenters. The van der Waals surface area contributed by atoms with Crippen LogP contribution in [0.5, 0.6) is 0 Å². The molecule has 6 amide bonds.